The number of benzene rings is 2. The number of carbonyl (C=O) groups is 3. The lowest BCUT2D eigenvalue weighted by Gasteiger charge is -2.17. The van der Waals surface area contributed by atoms with Crippen molar-refractivity contribution in [3.8, 4) is 5.75 Å². The van der Waals surface area contributed by atoms with E-state index in [4.69, 9.17) is 4.74 Å². The highest BCUT2D eigenvalue weighted by Gasteiger charge is 2.35. The predicted molar refractivity (Wildman–Crippen MR) is 105 cm³/mol. The first kappa shape index (κ1) is 19.4. The molecular formula is C21H23N3O4. The number of ether oxygens (including phenoxy) is 1. The zero-order chi connectivity index (χ0) is 20.1. The molecule has 1 saturated heterocycles. The number of hydrogen-bond donors (Lipinski definition) is 2. The van der Waals surface area contributed by atoms with Gasteiger partial charge in [0.05, 0.1) is 5.92 Å². The van der Waals surface area contributed by atoms with Crippen LogP contribution in [0.1, 0.15) is 17.5 Å². The summed E-state index contributed by atoms with van der Waals surface area (Å²) in [5.74, 6) is -0.896. The van der Waals surface area contributed by atoms with Crippen LogP contribution in [-0.4, -0.2) is 30.9 Å². The van der Waals surface area contributed by atoms with Crippen LogP contribution in [0.5, 0.6) is 5.75 Å². The van der Waals surface area contributed by atoms with Crippen molar-refractivity contribution in [2.24, 2.45) is 5.92 Å². The third-order valence-corrected chi connectivity index (χ3v) is 4.62. The third-order valence-electron chi connectivity index (χ3n) is 4.62. The lowest BCUT2D eigenvalue weighted by molar-refractivity contribution is -0.132. The average molecular weight is 381 g/mol. The van der Waals surface area contributed by atoms with Crippen molar-refractivity contribution in [3.05, 3.63) is 59.7 Å². The molecule has 2 aromatic rings. The Morgan fingerprint density at radius 1 is 1.07 bits per heavy atom. The van der Waals surface area contributed by atoms with Gasteiger partial charge in [0.15, 0.2) is 6.61 Å². The van der Waals surface area contributed by atoms with Crippen LogP contribution in [0.2, 0.25) is 0 Å². The van der Waals surface area contributed by atoms with Crippen LogP contribution in [-0.2, 0) is 14.4 Å². The number of anilines is 1. The lowest BCUT2D eigenvalue weighted by Crippen LogP contribution is -2.46. The maximum absolute atomic E-state index is 12.3. The van der Waals surface area contributed by atoms with Gasteiger partial charge < -0.3 is 9.64 Å². The monoisotopic (exact) mass is 381 g/mol. The maximum atomic E-state index is 12.3. The second-order valence-corrected chi connectivity index (χ2v) is 6.83. The zero-order valence-corrected chi connectivity index (χ0v) is 15.9. The summed E-state index contributed by atoms with van der Waals surface area (Å²) < 4.78 is 5.43. The summed E-state index contributed by atoms with van der Waals surface area (Å²) in [5, 5.41) is 0. The Labute approximate surface area is 163 Å². The van der Waals surface area contributed by atoms with Crippen LogP contribution in [0.3, 0.4) is 0 Å². The van der Waals surface area contributed by atoms with Gasteiger partial charge in [-0.15, -0.1) is 0 Å². The normalized spacial score (nSPS) is 16.0. The van der Waals surface area contributed by atoms with Gasteiger partial charge in [-0.25, -0.2) is 0 Å². The number of hydrazine groups is 1. The standard InChI is InChI=1S/C21H23N3O4/c1-14-7-9-17(10-8-14)24-12-16(11-20(24)26)21(27)23-22-19(25)13-28-18-6-4-3-5-15(18)2/h3-10,16H,11-13H2,1-2H3,(H,22,25)(H,23,27)/t16-/m0/s1. The van der Waals surface area contributed by atoms with Gasteiger partial charge in [-0.2, -0.15) is 0 Å². The number of rotatable bonds is 5. The number of nitrogens with zero attached hydrogens (tertiary/aromatic N) is 1. The Morgan fingerprint density at radius 3 is 2.50 bits per heavy atom. The second-order valence-electron chi connectivity index (χ2n) is 6.83. The van der Waals surface area contributed by atoms with Gasteiger partial charge in [0.2, 0.25) is 11.8 Å². The number of carbonyl (C=O) groups excluding carboxylic acids is 3. The van der Waals surface area contributed by atoms with E-state index in [2.05, 4.69) is 10.9 Å². The molecule has 7 nitrogen and oxygen atoms in total. The molecule has 0 aliphatic carbocycles. The van der Waals surface area contributed by atoms with E-state index in [1.807, 2.05) is 56.3 Å². The smallest absolute Gasteiger partial charge is 0.276 e. The summed E-state index contributed by atoms with van der Waals surface area (Å²) in [7, 11) is 0. The van der Waals surface area contributed by atoms with E-state index >= 15 is 0 Å². The van der Waals surface area contributed by atoms with E-state index in [0.717, 1.165) is 16.8 Å². The molecule has 1 aliphatic heterocycles. The van der Waals surface area contributed by atoms with Crippen molar-refractivity contribution in [1.82, 2.24) is 10.9 Å². The number of amides is 3. The van der Waals surface area contributed by atoms with Gasteiger partial charge in [-0.3, -0.25) is 25.2 Å². The number of aryl methyl sites for hydroxylation is 2. The fourth-order valence-electron chi connectivity index (χ4n) is 2.99. The van der Waals surface area contributed by atoms with E-state index in [1.54, 1.807) is 11.0 Å². The highest BCUT2D eigenvalue weighted by atomic mass is 16.5. The maximum Gasteiger partial charge on any atom is 0.276 e. The van der Waals surface area contributed by atoms with E-state index in [0.29, 0.717) is 5.75 Å². The molecular weight excluding hydrogens is 358 g/mol. The van der Waals surface area contributed by atoms with Crippen molar-refractivity contribution in [2.45, 2.75) is 20.3 Å². The molecule has 2 aromatic carbocycles. The van der Waals surface area contributed by atoms with E-state index in [-0.39, 0.29) is 25.5 Å². The van der Waals surface area contributed by atoms with Crippen LogP contribution in [0, 0.1) is 19.8 Å². The van der Waals surface area contributed by atoms with Crippen LogP contribution < -0.4 is 20.5 Å². The van der Waals surface area contributed by atoms with Crippen molar-refractivity contribution in [2.75, 3.05) is 18.1 Å². The molecule has 3 rings (SSSR count). The molecule has 0 bridgehead atoms. The summed E-state index contributed by atoms with van der Waals surface area (Å²) in [4.78, 5) is 38.0. The van der Waals surface area contributed by atoms with Gasteiger partial charge in [0, 0.05) is 18.7 Å². The van der Waals surface area contributed by atoms with Gasteiger partial charge in [-0.05, 0) is 37.6 Å². The number of hydrogen-bond acceptors (Lipinski definition) is 4. The lowest BCUT2D eigenvalue weighted by atomic mass is 10.1. The van der Waals surface area contributed by atoms with Crippen molar-refractivity contribution in [3.63, 3.8) is 0 Å². The van der Waals surface area contributed by atoms with Crippen LogP contribution in [0.15, 0.2) is 48.5 Å². The molecule has 0 spiro atoms. The predicted octanol–water partition coefficient (Wildman–Crippen LogP) is 1.88. The van der Waals surface area contributed by atoms with Crippen molar-refractivity contribution in [1.29, 1.82) is 0 Å². The Kier molecular flexibility index (Phi) is 5.93. The molecule has 0 saturated carbocycles. The summed E-state index contributed by atoms with van der Waals surface area (Å²) >= 11 is 0. The molecule has 1 aliphatic rings. The Balaban J connectivity index is 1.47. The van der Waals surface area contributed by atoms with E-state index in [9.17, 15) is 14.4 Å². The molecule has 1 heterocycles. The Bertz CT molecular complexity index is 879. The molecule has 0 radical (unpaired) electrons. The fourth-order valence-corrected chi connectivity index (χ4v) is 2.99. The first-order valence-corrected chi connectivity index (χ1v) is 9.08. The minimum atomic E-state index is -0.522. The highest BCUT2D eigenvalue weighted by molar-refractivity contribution is 6.00. The molecule has 2 N–H and O–H groups in total. The average Bonchev–Trinajstić information content (AvgIpc) is 3.08. The Morgan fingerprint density at radius 2 is 1.79 bits per heavy atom. The van der Waals surface area contributed by atoms with Crippen molar-refractivity contribution < 1.29 is 19.1 Å². The first-order chi connectivity index (χ1) is 13.4. The summed E-state index contributed by atoms with van der Waals surface area (Å²) in [6.07, 6.45) is 0.106. The third kappa shape index (κ3) is 4.68. The van der Waals surface area contributed by atoms with Gasteiger partial charge >= 0.3 is 0 Å². The molecule has 146 valence electrons. The molecule has 1 fully saturated rings. The number of para-hydroxylation sites is 1. The molecule has 7 heteroatoms. The molecule has 28 heavy (non-hydrogen) atoms. The van der Waals surface area contributed by atoms with Gasteiger partial charge in [-0.1, -0.05) is 35.9 Å². The van der Waals surface area contributed by atoms with Gasteiger partial charge in [0.1, 0.15) is 5.75 Å². The summed E-state index contributed by atoms with van der Waals surface area (Å²) in [5.41, 5.74) is 7.49. The van der Waals surface area contributed by atoms with Crippen LogP contribution >= 0.6 is 0 Å². The van der Waals surface area contributed by atoms with Gasteiger partial charge in [0.25, 0.3) is 5.91 Å². The topological polar surface area (TPSA) is 87.7 Å². The second kappa shape index (κ2) is 8.56. The van der Waals surface area contributed by atoms with Crippen LogP contribution in [0.25, 0.3) is 0 Å². The largest absolute Gasteiger partial charge is 0.483 e. The fraction of sp³-hybridized carbons (Fsp3) is 0.286. The first-order valence-electron chi connectivity index (χ1n) is 9.08. The SMILES string of the molecule is Cc1ccc(N2C[C@@H](C(=O)NNC(=O)COc3ccccc3C)CC2=O)cc1. The highest BCUT2D eigenvalue weighted by Crippen LogP contribution is 2.25. The zero-order valence-electron chi connectivity index (χ0n) is 15.9. The van der Waals surface area contributed by atoms with E-state index < -0.39 is 17.7 Å². The Hall–Kier alpha value is -3.35. The molecule has 0 aromatic heterocycles. The molecule has 0 unspecified atom stereocenters. The van der Waals surface area contributed by atoms with E-state index in [1.165, 1.54) is 0 Å². The quantitative estimate of drug-likeness (QED) is 0.774. The minimum Gasteiger partial charge on any atom is -0.483 e. The van der Waals surface area contributed by atoms with Crippen molar-refractivity contribution >= 4 is 23.4 Å². The summed E-state index contributed by atoms with van der Waals surface area (Å²) in [6, 6.07) is 14.9. The number of nitrogens with one attached hydrogen (secondary N) is 2. The molecule has 1 atom stereocenters. The van der Waals surface area contributed by atoms with Crippen LogP contribution in [0.4, 0.5) is 5.69 Å². The minimum absolute atomic E-state index is 0.106. The molecule has 3 amide bonds. The summed E-state index contributed by atoms with van der Waals surface area (Å²) in [6.45, 7) is 3.91.